The zero-order valence-corrected chi connectivity index (χ0v) is 18.4. The van der Waals surface area contributed by atoms with E-state index in [1.165, 1.54) is 4.88 Å². The van der Waals surface area contributed by atoms with Crippen LogP contribution in [0.3, 0.4) is 0 Å². The van der Waals surface area contributed by atoms with Crippen LogP contribution in [0.4, 0.5) is 5.00 Å². The summed E-state index contributed by atoms with van der Waals surface area (Å²) in [6, 6.07) is 0. The van der Waals surface area contributed by atoms with Gasteiger partial charge in [-0.15, -0.1) is 11.3 Å². The SMILES string of the molecule is CCCCCCC(=O)Nc1sc2c(c1C(=O)OCC)CCC(C(C)(C)C)C2. The summed E-state index contributed by atoms with van der Waals surface area (Å²) in [5.41, 5.74) is 1.94. The Balaban J connectivity index is 2.19. The summed E-state index contributed by atoms with van der Waals surface area (Å²) < 4.78 is 5.30. The van der Waals surface area contributed by atoms with Gasteiger partial charge in [-0.3, -0.25) is 4.79 Å². The number of hydrogen-bond acceptors (Lipinski definition) is 4. The summed E-state index contributed by atoms with van der Waals surface area (Å²) in [5.74, 6) is 0.296. The van der Waals surface area contributed by atoms with Gasteiger partial charge in [0.05, 0.1) is 12.2 Å². The van der Waals surface area contributed by atoms with Gasteiger partial charge in [-0.25, -0.2) is 4.79 Å². The molecular formula is C22H35NO3S. The zero-order chi connectivity index (χ0) is 20.0. The summed E-state index contributed by atoms with van der Waals surface area (Å²) >= 11 is 1.58. The average molecular weight is 394 g/mol. The molecule has 1 unspecified atom stereocenters. The number of esters is 1. The number of carbonyl (C=O) groups excluding carboxylic acids is 2. The predicted octanol–water partition coefficient (Wildman–Crippen LogP) is 5.98. The Labute approximate surface area is 168 Å². The van der Waals surface area contributed by atoms with Crippen molar-refractivity contribution < 1.29 is 14.3 Å². The molecular weight excluding hydrogens is 358 g/mol. The molecule has 0 saturated heterocycles. The minimum Gasteiger partial charge on any atom is -0.462 e. The number of ether oxygens (including phenoxy) is 1. The third-order valence-corrected chi connectivity index (χ3v) is 6.65. The van der Waals surface area contributed by atoms with Crippen LogP contribution in [0.5, 0.6) is 0 Å². The van der Waals surface area contributed by atoms with Gasteiger partial charge >= 0.3 is 5.97 Å². The van der Waals surface area contributed by atoms with Crippen molar-refractivity contribution in [2.24, 2.45) is 11.3 Å². The van der Waals surface area contributed by atoms with Crippen LogP contribution < -0.4 is 5.32 Å². The molecule has 1 aliphatic carbocycles. The first-order valence-corrected chi connectivity index (χ1v) is 11.2. The number of nitrogens with one attached hydrogen (secondary N) is 1. The highest BCUT2D eigenvalue weighted by Crippen LogP contribution is 2.44. The van der Waals surface area contributed by atoms with Gasteiger partial charge in [0.2, 0.25) is 5.91 Å². The van der Waals surface area contributed by atoms with Gasteiger partial charge in [-0.05, 0) is 49.5 Å². The molecule has 5 heteroatoms. The van der Waals surface area contributed by atoms with E-state index < -0.39 is 0 Å². The average Bonchev–Trinajstić information content (AvgIpc) is 2.95. The minimum atomic E-state index is -0.300. The van der Waals surface area contributed by atoms with E-state index in [-0.39, 0.29) is 17.3 Å². The van der Waals surface area contributed by atoms with E-state index in [4.69, 9.17) is 4.74 Å². The largest absolute Gasteiger partial charge is 0.462 e. The summed E-state index contributed by atoms with van der Waals surface area (Å²) in [5, 5.41) is 3.70. The molecule has 1 aromatic heterocycles. The van der Waals surface area contributed by atoms with E-state index in [1.807, 2.05) is 6.92 Å². The second-order valence-electron chi connectivity index (χ2n) is 8.59. The zero-order valence-electron chi connectivity index (χ0n) is 17.6. The quantitative estimate of drug-likeness (QED) is 0.436. The van der Waals surface area contributed by atoms with Crippen LogP contribution in [-0.4, -0.2) is 18.5 Å². The molecule has 1 N–H and O–H groups in total. The van der Waals surface area contributed by atoms with Gasteiger partial charge in [-0.2, -0.15) is 0 Å². The fourth-order valence-corrected chi connectivity index (χ4v) is 5.07. The van der Waals surface area contributed by atoms with Crippen molar-refractivity contribution in [2.75, 3.05) is 11.9 Å². The topological polar surface area (TPSA) is 55.4 Å². The number of rotatable bonds is 8. The number of unbranched alkanes of at least 4 members (excludes halogenated alkanes) is 3. The molecule has 0 saturated carbocycles. The Morgan fingerprint density at radius 1 is 1.19 bits per heavy atom. The molecule has 1 atom stereocenters. The highest BCUT2D eigenvalue weighted by molar-refractivity contribution is 7.17. The van der Waals surface area contributed by atoms with E-state index in [2.05, 4.69) is 33.0 Å². The second-order valence-corrected chi connectivity index (χ2v) is 9.70. The van der Waals surface area contributed by atoms with Gasteiger partial charge in [0.15, 0.2) is 0 Å². The van der Waals surface area contributed by atoms with Gasteiger partial charge in [0.1, 0.15) is 5.00 Å². The Kier molecular flexibility index (Phi) is 7.90. The maximum absolute atomic E-state index is 12.6. The van der Waals surface area contributed by atoms with Gasteiger partial charge in [-0.1, -0.05) is 47.0 Å². The standard InChI is InChI=1S/C22H35NO3S/c1-6-8-9-10-11-18(24)23-20-19(21(25)26-7-2)16-13-12-15(22(3,4)5)14-17(16)27-20/h15H,6-14H2,1-5H3,(H,23,24). The molecule has 0 aromatic carbocycles. The lowest BCUT2D eigenvalue weighted by Crippen LogP contribution is -2.26. The highest BCUT2D eigenvalue weighted by atomic mass is 32.1. The van der Waals surface area contributed by atoms with Gasteiger partial charge < -0.3 is 10.1 Å². The van der Waals surface area contributed by atoms with E-state index in [0.29, 0.717) is 29.5 Å². The summed E-state index contributed by atoms with van der Waals surface area (Å²) in [7, 11) is 0. The Hall–Kier alpha value is -1.36. The monoisotopic (exact) mass is 393 g/mol. The smallest absolute Gasteiger partial charge is 0.341 e. The second kappa shape index (κ2) is 9.72. The molecule has 1 aromatic rings. The summed E-state index contributed by atoms with van der Waals surface area (Å²) in [4.78, 5) is 26.2. The molecule has 152 valence electrons. The van der Waals surface area contributed by atoms with E-state index in [0.717, 1.165) is 50.5 Å². The Morgan fingerprint density at radius 3 is 2.56 bits per heavy atom. The Bertz CT molecular complexity index is 657. The maximum Gasteiger partial charge on any atom is 0.341 e. The first-order chi connectivity index (χ1) is 12.8. The van der Waals surface area contributed by atoms with Crippen LogP contribution in [0.15, 0.2) is 0 Å². The van der Waals surface area contributed by atoms with Crippen molar-refractivity contribution >= 4 is 28.2 Å². The number of amides is 1. The van der Waals surface area contributed by atoms with Crippen molar-refractivity contribution in [3.8, 4) is 0 Å². The van der Waals surface area contributed by atoms with Crippen molar-refractivity contribution in [2.45, 2.75) is 86.0 Å². The molecule has 0 radical (unpaired) electrons. The molecule has 2 rings (SSSR count). The van der Waals surface area contributed by atoms with Gasteiger partial charge in [0.25, 0.3) is 0 Å². The van der Waals surface area contributed by atoms with Crippen molar-refractivity contribution in [1.82, 2.24) is 0 Å². The number of thiophene rings is 1. The molecule has 27 heavy (non-hydrogen) atoms. The molecule has 4 nitrogen and oxygen atoms in total. The third kappa shape index (κ3) is 5.81. The molecule has 0 bridgehead atoms. The predicted molar refractivity (Wildman–Crippen MR) is 113 cm³/mol. The molecule has 1 heterocycles. The lowest BCUT2D eigenvalue weighted by atomic mass is 9.72. The normalized spacial score (nSPS) is 16.7. The first kappa shape index (κ1) is 21.9. The van der Waals surface area contributed by atoms with Crippen molar-refractivity contribution in [1.29, 1.82) is 0 Å². The summed E-state index contributed by atoms with van der Waals surface area (Å²) in [6.45, 7) is 11.2. The number of carbonyl (C=O) groups is 2. The highest BCUT2D eigenvalue weighted by Gasteiger charge is 2.34. The van der Waals surface area contributed by atoms with Crippen LogP contribution in [0.25, 0.3) is 0 Å². The first-order valence-electron chi connectivity index (χ1n) is 10.4. The maximum atomic E-state index is 12.6. The fraction of sp³-hybridized carbons (Fsp3) is 0.727. The molecule has 1 amide bonds. The number of anilines is 1. The van der Waals surface area contributed by atoms with E-state index in [1.54, 1.807) is 11.3 Å². The molecule has 0 aliphatic heterocycles. The van der Waals surface area contributed by atoms with Crippen molar-refractivity contribution in [3.05, 3.63) is 16.0 Å². The third-order valence-electron chi connectivity index (χ3n) is 5.48. The molecule has 0 fully saturated rings. The van der Waals surface area contributed by atoms with E-state index in [9.17, 15) is 9.59 Å². The van der Waals surface area contributed by atoms with Crippen LogP contribution in [0.1, 0.15) is 93.9 Å². The summed E-state index contributed by atoms with van der Waals surface area (Å²) in [6.07, 6.45) is 7.72. The van der Waals surface area contributed by atoms with Crippen LogP contribution >= 0.6 is 11.3 Å². The number of hydrogen-bond donors (Lipinski definition) is 1. The number of fused-ring (bicyclic) bond motifs is 1. The van der Waals surface area contributed by atoms with Crippen LogP contribution in [0.2, 0.25) is 0 Å². The molecule has 0 spiro atoms. The lowest BCUT2D eigenvalue weighted by Gasteiger charge is -2.33. The van der Waals surface area contributed by atoms with E-state index >= 15 is 0 Å². The minimum absolute atomic E-state index is 0.00243. The fourth-order valence-electron chi connectivity index (χ4n) is 3.73. The van der Waals surface area contributed by atoms with Crippen molar-refractivity contribution in [3.63, 3.8) is 0 Å². The van der Waals surface area contributed by atoms with Crippen LogP contribution in [-0.2, 0) is 22.4 Å². The lowest BCUT2D eigenvalue weighted by molar-refractivity contribution is -0.116. The van der Waals surface area contributed by atoms with Crippen LogP contribution in [0, 0.1) is 11.3 Å². The Morgan fingerprint density at radius 2 is 1.93 bits per heavy atom. The molecule has 1 aliphatic rings. The van der Waals surface area contributed by atoms with Gasteiger partial charge in [0, 0.05) is 11.3 Å².